The lowest BCUT2D eigenvalue weighted by Crippen LogP contribution is -2.48. The highest BCUT2D eigenvalue weighted by atomic mass is 19.1. The molecule has 1 N–H and O–H groups in total. The van der Waals surface area contributed by atoms with Gasteiger partial charge in [-0.15, -0.1) is 0 Å². The standard InChI is InChI=1S/C14H21FN2O/c1-11-10-18-12(2)9-17(11)7-6-16-14-5-3-4-13(15)8-14/h3-5,8,11-12,16H,6-7,9-10H2,1-2H3. The number of nitrogens with zero attached hydrogens (tertiary/aromatic N) is 1. The molecule has 18 heavy (non-hydrogen) atoms. The van der Waals surface area contributed by atoms with Crippen LogP contribution in [0.25, 0.3) is 0 Å². The first-order valence-electron chi connectivity index (χ1n) is 6.50. The normalized spacial score (nSPS) is 25.1. The quantitative estimate of drug-likeness (QED) is 0.890. The van der Waals surface area contributed by atoms with Crippen LogP contribution in [0.4, 0.5) is 10.1 Å². The average molecular weight is 252 g/mol. The number of nitrogens with one attached hydrogen (secondary N) is 1. The summed E-state index contributed by atoms with van der Waals surface area (Å²) in [5.41, 5.74) is 0.837. The summed E-state index contributed by atoms with van der Waals surface area (Å²) in [6, 6.07) is 7.03. The molecule has 0 saturated carbocycles. The fourth-order valence-electron chi connectivity index (χ4n) is 2.23. The SMILES string of the molecule is CC1CN(CCNc2cccc(F)c2)C(C)CO1. The minimum absolute atomic E-state index is 0.201. The van der Waals surface area contributed by atoms with E-state index >= 15 is 0 Å². The highest BCUT2D eigenvalue weighted by Crippen LogP contribution is 2.12. The van der Waals surface area contributed by atoms with Crippen molar-refractivity contribution in [2.45, 2.75) is 26.0 Å². The fourth-order valence-corrected chi connectivity index (χ4v) is 2.23. The smallest absolute Gasteiger partial charge is 0.125 e. The van der Waals surface area contributed by atoms with E-state index in [0.29, 0.717) is 12.1 Å². The summed E-state index contributed by atoms with van der Waals surface area (Å²) in [5.74, 6) is -0.201. The van der Waals surface area contributed by atoms with Crippen LogP contribution in [0.5, 0.6) is 0 Å². The van der Waals surface area contributed by atoms with E-state index in [4.69, 9.17) is 4.74 Å². The Morgan fingerprint density at radius 1 is 1.44 bits per heavy atom. The van der Waals surface area contributed by atoms with Crippen LogP contribution in [0.1, 0.15) is 13.8 Å². The van der Waals surface area contributed by atoms with Gasteiger partial charge in [0, 0.05) is 31.4 Å². The molecule has 0 spiro atoms. The summed E-state index contributed by atoms with van der Waals surface area (Å²) in [5, 5.41) is 3.25. The zero-order valence-corrected chi connectivity index (χ0v) is 11.0. The van der Waals surface area contributed by atoms with E-state index in [1.54, 1.807) is 6.07 Å². The number of rotatable bonds is 4. The van der Waals surface area contributed by atoms with E-state index in [0.717, 1.165) is 31.9 Å². The predicted octanol–water partition coefficient (Wildman–Crippen LogP) is 2.35. The molecule has 1 aliphatic rings. The zero-order valence-electron chi connectivity index (χ0n) is 11.0. The van der Waals surface area contributed by atoms with Crippen LogP contribution in [0.3, 0.4) is 0 Å². The number of morpholine rings is 1. The van der Waals surface area contributed by atoms with Gasteiger partial charge in [0.25, 0.3) is 0 Å². The molecule has 1 aromatic carbocycles. The molecular weight excluding hydrogens is 231 g/mol. The topological polar surface area (TPSA) is 24.5 Å². The van der Waals surface area contributed by atoms with Crippen molar-refractivity contribution in [2.75, 3.05) is 31.6 Å². The van der Waals surface area contributed by atoms with Crippen LogP contribution in [0.15, 0.2) is 24.3 Å². The summed E-state index contributed by atoms with van der Waals surface area (Å²) >= 11 is 0. The molecule has 0 amide bonds. The van der Waals surface area contributed by atoms with E-state index in [9.17, 15) is 4.39 Å². The molecule has 2 atom stereocenters. The molecular formula is C14H21FN2O. The van der Waals surface area contributed by atoms with E-state index in [-0.39, 0.29) is 5.82 Å². The van der Waals surface area contributed by atoms with Gasteiger partial charge in [0.05, 0.1) is 12.7 Å². The number of hydrogen-bond acceptors (Lipinski definition) is 3. The minimum atomic E-state index is -0.201. The zero-order chi connectivity index (χ0) is 13.0. The van der Waals surface area contributed by atoms with Gasteiger partial charge in [-0.2, -0.15) is 0 Å². The molecule has 0 radical (unpaired) electrons. The summed E-state index contributed by atoms with van der Waals surface area (Å²) in [6.45, 7) is 7.80. The maximum atomic E-state index is 13.0. The van der Waals surface area contributed by atoms with Crippen molar-refractivity contribution in [3.05, 3.63) is 30.1 Å². The van der Waals surface area contributed by atoms with E-state index in [1.807, 2.05) is 6.07 Å². The van der Waals surface area contributed by atoms with Gasteiger partial charge in [-0.3, -0.25) is 4.90 Å². The Morgan fingerprint density at radius 2 is 2.28 bits per heavy atom. The van der Waals surface area contributed by atoms with Crippen molar-refractivity contribution in [1.29, 1.82) is 0 Å². The minimum Gasteiger partial charge on any atom is -0.384 e. The molecule has 0 bridgehead atoms. The maximum absolute atomic E-state index is 13.0. The van der Waals surface area contributed by atoms with Crippen LogP contribution in [0, 0.1) is 5.82 Å². The Morgan fingerprint density at radius 3 is 3.06 bits per heavy atom. The van der Waals surface area contributed by atoms with E-state index < -0.39 is 0 Å². The number of hydrogen-bond donors (Lipinski definition) is 1. The molecule has 2 rings (SSSR count). The molecule has 0 aliphatic carbocycles. The second-order valence-electron chi connectivity index (χ2n) is 4.93. The second kappa shape index (κ2) is 6.16. The van der Waals surface area contributed by atoms with Crippen molar-refractivity contribution in [1.82, 2.24) is 4.90 Å². The summed E-state index contributed by atoms with van der Waals surface area (Å²) in [7, 11) is 0. The average Bonchev–Trinajstić information content (AvgIpc) is 2.34. The van der Waals surface area contributed by atoms with E-state index in [1.165, 1.54) is 12.1 Å². The second-order valence-corrected chi connectivity index (χ2v) is 4.93. The van der Waals surface area contributed by atoms with Gasteiger partial charge >= 0.3 is 0 Å². The predicted molar refractivity (Wildman–Crippen MR) is 71.3 cm³/mol. The first-order valence-corrected chi connectivity index (χ1v) is 6.50. The van der Waals surface area contributed by atoms with Crippen LogP contribution >= 0.6 is 0 Å². The monoisotopic (exact) mass is 252 g/mol. The first-order chi connectivity index (χ1) is 8.65. The molecule has 100 valence electrons. The lowest BCUT2D eigenvalue weighted by atomic mass is 10.2. The number of halogens is 1. The Kier molecular flexibility index (Phi) is 4.55. The number of anilines is 1. The summed E-state index contributed by atoms with van der Waals surface area (Å²) < 4.78 is 18.6. The van der Waals surface area contributed by atoms with Gasteiger partial charge in [-0.05, 0) is 32.0 Å². The number of benzene rings is 1. The van der Waals surface area contributed by atoms with Crippen LogP contribution in [0.2, 0.25) is 0 Å². The fraction of sp³-hybridized carbons (Fsp3) is 0.571. The Labute approximate surface area is 108 Å². The Hall–Kier alpha value is -1.13. The Bertz CT molecular complexity index is 386. The molecule has 2 unspecified atom stereocenters. The van der Waals surface area contributed by atoms with Crippen molar-refractivity contribution in [3.63, 3.8) is 0 Å². The van der Waals surface area contributed by atoms with Gasteiger partial charge in [0.1, 0.15) is 5.82 Å². The van der Waals surface area contributed by atoms with Gasteiger partial charge in [-0.1, -0.05) is 6.07 Å². The van der Waals surface area contributed by atoms with Crippen molar-refractivity contribution in [2.24, 2.45) is 0 Å². The van der Waals surface area contributed by atoms with Gasteiger partial charge in [0.15, 0.2) is 0 Å². The van der Waals surface area contributed by atoms with Crippen LogP contribution in [-0.4, -0.2) is 43.3 Å². The van der Waals surface area contributed by atoms with Gasteiger partial charge < -0.3 is 10.1 Å². The summed E-state index contributed by atoms with van der Waals surface area (Å²) in [6.07, 6.45) is 0.301. The van der Waals surface area contributed by atoms with Crippen molar-refractivity contribution in [3.8, 4) is 0 Å². The molecule has 1 aliphatic heterocycles. The van der Waals surface area contributed by atoms with Crippen molar-refractivity contribution < 1.29 is 9.13 Å². The van der Waals surface area contributed by atoms with Crippen LogP contribution < -0.4 is 5.32 Å². The molecule has 1 aromatic rings. The first kappa shape index (κ1) is 13.3. The summed E-state index contributed by atoms with van der Waals surface area (Å²) in [4.78, 5) is 2.40. The molecule has 1 fully saturated rings. The third kappa shape index (κ3) is 3.68. The van der Waals surface area contributed by atoms with Crippen molar-refractivity contribution >= 4 is 5.69 Å². The Balaban J connectivity index is 1.77. The largest absolute Gasteiger partial charge is 0.384 e. The highest BCUT2D eigenvalue weighted by molar-refractivity contribution is 5.42. The van der Waals surface area contributed by atoms with Crippen LogP contribution in [-0.2, 0) is 4.74 Å². The third-order valence-electron chi connectivity index (χ3n) is 3.29. The molecule has 1 saturated heterocycles. The molecule has 3 nitrogen and oxygen atoms in total. The van der Waals surface area contributed by atoms with Gasteiger partial charge in [-0.25, -0.2) is 4.39 Å². The highest BCUT2D eigenvalue weighted by Gasteiger charge is 2.22. The maximum Gasteiger partial charge on any atom is 0.125 e. The van der Waals surface area contributed by atoms with Gasteiger partial charge in [0.2, 0.25) is 0 Å². The van der Waals surface area contributed by atoms with E-state index in [2.05, 4.69) is 24.1 Å². The lowest BCUT2D eigenvalue weighted by molar-refractivity contribution is -0.0476. The number of ether oxygens (including phenoxy) is 1. The molecule has 1 heterocycles. The third-order valence-corrected chi connectivity index (χ3v) is 3.29. The lowest BCUT2D eigenvalue weighted by Gasteiger charge is -2.36. The molecule has 4 heteroatoms. The molecule has 0 aromatic heterocycles.